The minimum Gasteiger partial charge on any atom is -0.496 e. The fourth-order valence-corrected chi connectivity index (χ4v) is 5.47. The molecule has 2 aliphatic heterocycles. The average Bonchev–Trinajstić information content (AvgIpc) is 2.92. The van der Waals surface area contributed by atoms with Gasteiger partial charge in [-0.15, -0.1) is 11.8 Å². The zero-order valence-electron chi connectivity index (χ0n) is 20.7. The number of aromatic nitrogens is 1. The number of carboxylic acids is 1. The number of rotatable bonds is 9. The maximum absolute atomic E-state index is 13.4. The second-order valence-corrected chi connectivity index (χ2v) is 9.60. The number of pyridine rings is 1. The smallest absolute Gasteiger partial charge is 0.352 e. The lowest BCUT2D eigenvalue weighted by molar-refractivity contribution is -0.151. The van der Waals surface area contributed by atoms with Crippen molar-refractivity contribution in [3.05, 3.63) is 65.0 Å². The van der Waals surface area contributed by atoms with E-state index in [1.54, 1.807) is 30.3 Å². The summed E-state index contributed by atoms with van der Waals surface area (Å²) in [4.78, 5) is 67.4. The molecule has 1 aromatic heterocycles. The second-order valence-electron chi connectivity index (χ2n) is 8.49. The van der Waals surface area contributed by atoms with Crippen molar-refractivity contribution < 1.29 is 43.7 Å². The van der Waals surface area contributed by atoms with Gasteiger partial charge in [0.25, 0.3) is 11.8 Å². The number of benzene rings is 1. The minimum absolute atomic E-state index is 0.0330. The van der Waals surface area contributed by atoms with Gasteiger partial charge < -0.3 is 30.3 Å². The Balaban J connectivity index is 1.54. The standard InChI is InChI=1S/C25H24N4O9S/c1-12(30)38-10-14-11-39-24-19(23(34)29(24)20(14)25(35)36)28-22(33)18(13-6-4-3-5-7-13)27-21(32)15-9-26-17(31)8-16(15)37-2/h3-9,18-19,24H,10-11H2,1-2H3,(H,26,31)(H,27,32)(H,28,33)(H,35,36)/t18?,19-,24-/m1/s1. The number of amides is 3. The number of thioether (sulfide) groups is 1. The van der Waals surface area contributed by atoms with Gasteiger partial charge >= 0.3 is 11.9 Å². The summed E-state index contributed by atoms with van der Waals surface area (Å²) < 4.78 is 10.1. The zero-order chi connectivity index (χ0) is 28.3. The van der Waals surface area contributed by atoms with Gasteiger partial charge in [-0.2, -0.15) is 0 Å². The first kappa shape index (κ1) is 27.4. The first-order chi connectivity index (χ1) is 18.6. The molecule has 3 amide bonds. The molecule has 4 N–H and O–H groups in total. The third-order valence-electron chi connectivity index (χ3n) is 5.98. The van der Waals surface area contributed by atoms with E-state index in [2.05, 4.69) is 15.6 Å². The number of methoxy groups -OCH3 is 1. The number of aromatic hydroxyl groups is 1. The van der Waals surface area contributed by atoms with Crippen molar-refractivity contribution in [1.29, 1.82) is 0 Å². The quantitative estimate of drug-likeness (QED) is 0.250. The highest BCUT2D eigenvalue weighted by molar-refractivity contribution is 8.00. The SMILES string of the molecule is COc1cc(O)ncc1C(=O)NC(C(=O)N[C@@H]1C(=O)N2C(C(=O)O)=C(COC(C)=O)CS[C@H]12)c1ccccc1. The first-order valence-corrected chi connectivity index (χ1v) is 12.6. The number of β-lactam (4-membered cyclic amide) rings is 1. The van der Waals surface area contributed by atoms with Crippen molar-refractivity contribution in [3.8, 4) is 11.6 Å². The van der Waals surface area contributed by atoms with Crippen LogP contribution in [0.15, 0.2) is 53.9 Å². The molecule has 1 aromatic carbocycles. The number of ether oxygens (including phenoxy) is 2. The van der Waals surface area contributed by atoms with Gasteiger partial charge in [0, 0.05) is 30.5 Å². The molecule has 0 radical (unpaired) electrons. The van der Waals surface area contributed by atoms with Crippen LogP contribution in [0.3, 0.4) is 0 Å². The van der Waals surface area contributed by atoms with Crippen LogP contribution in [0.1, 0.15) is 28.9 Å². The molecule has 14 heteroatoms. The fraction of sp³-hybridized carbons (Fsp3) is 0.280. The van der Waals surface area contributed by atoms with Crippen LogP contribution < -0.4 is 15.4 Å². The lowest BCUT2D eigenvalue weighted by Gasteiger charge is -2.49. The molecule has 1 saturated heterocycles. The van der Waals surface area contributed by atoms with Crippen molar-refractivity contribution in [2.75, 3.05) is 19.5 Å². The molecule has 0 bridgehead atoms. The van der Waals surface area contributed by atoms with Gasteiger partial charge in [-0.1, -0.05) is 30.3 Å². The number of carboxylic acid groups (broad SMARTS) is 1. The minimum atomic E-state index is -1.36. The molecule has 4 rings (SSSR count). The van der Waals surface area contributed by atoms with Crippen LogP contribution in [0.5, 0.6) is 11.6 Å². The van der Waals surface area contributed by atoms with Crippen molar-refractivity contribution in [1.82, 2.24) is 20.5 Å². The maximum atomic E-state index is 13.4. The average molecular weight is 557 g/mol. The van der Waals surface area contributed by atoms with Crippen LogP contribution >= 0.6 is 11.8 Å². The molecule has 1 fully saturated rings. The van der Waals surface area contributed by atoms with E-state index in [9.17, 15) is 34.2 Å². The number of carbonyl (C=O) groups is 5. The Morgan fingerprint density at radius 1 is 1.23 bits per heavy atom. The molecule has 3 heterocycles. The third kappa shape index (κ3) is 5.65. The Labute approximate surface area is 226 Å². The lowest BCUT2D eigenvalue weighted by Crippen LogP contribution is -2.71. The zero-order valence-corrected chi connectivity index (χ0v) is 21.6. The summed E-state index contributed by atoms with van der Waals surface area (Å²) in [7, 11) is 1.31. The number of fused-ring (bicyclic) bond motifs is 1. The summed E-state index contributed by atoms with van der Waals surface area (Å²) in [5.74, 6) is -4.17. The van der Waals surface area contributed by atoms with Gasteiger partial charge in [-0.3, -0.25) is 24.1 Å². The van der Waals surface area contributed by atoms with E-state index in [0.717, 1.165) is 17.2 Å². The number of hydrogen-bond acceptors (Lipinski definition) is 10. The summed E-state index contributed by atoms with van der Waals surface area (Å²) in [5, 5.41) is 23.8. The van der Waals surface area contributed by atoms with Gasteiger partial charge in [0.05, 0.1) is 12.7 Å². The molecule has 204 valence electrons. The summed E-state index contributed by atoms with van der Waals surface area (Å²) >= 11 is 1.21. The molecule has 2 aromatic rings. The van der Waals surface area contributed by atoms with Crippen molar-refractivity contribution in [2.45, 2.75) is 24.4 Å². The van der Waals surface area contributed by atoms with Crippen molar-refractivity contribution in [2.24, 2.45) is 0 Å². The summed E-state index contributed by atoms with van der Waals surface area (Å²) in [6.07, 6.45) is 1.10. The normalized spacial score (nSPS) is 18.8. The summed E-state index contributed by atoms with van der Waals surface area (Å²) in [6, 6.07) is 7.17. The molecule has 0 saturated carbocycles. The van der Waals surface area contributed by atoms with Gasteiger partial charge in [0.15, 0.2) is 0 Å². The van der Waals surface area contributed by atoms with Gasteiger partial charge in [-0.25, -0.2) is 9.78 Å². The highest BCUT2D eigenvalue weighted by Crippen LogP contribution is 2.40. The van der Waals surface area contributed by atoms with Crippen LogP contribution in [0, 0.1) is 0 Å². The van der Waals surface area contributed by atoms with E-state index < -0.39 is 47.1 Å². The van der Waals surface area contributed by atoms with Crippen LogP contribution in [-0.4, -0.2) is 80.6 Å². The molecule has 2 aliphatic rings. The topological polar surface area (TPSA) is 184 Å². The highest BCUT2D eigenvalue weighted by Gasteiger charge is 2.54. The molecule has 1 unspecified atom stereocenters. The fourth-order valence-electron chi connectivity index (χ4n) is 4.14. The van der Waals surface area contributed by atoms with Crippen LogP contribution in [0.4, 0.5) is 0 Å². The number of carbonyl (C=O) groups excluding carboxylic acids is 4. The van der Waals surface area contributed by atoms with Gasteiger partial charge in [0.1, 0.15) is 35.5 Å². The summed E-state index contributed by atoms with van der Waals surface area (Å²) in [6.45, 7) is 0.922. The van der Waals surface area contributed by atoms with Crippen LogP contribution in [0.2, 0.25) is 0 Å². The summed E-state index contributed by atoms with van der Waals surface area (Å²) in [5.41, 5.74) is 0.372. The Kier molecular flexibility index (Phi) is 8.04. The molecular weight excluding hydrogens is 532 g/mol. The highest BCUT2D eigenvalue weighted by atomic mass is 32.2. The first-order valence-electron chi connectivity index (χ1n) is 11.5. The number of aliphatic carboxylic acids is 1. The van der Waals surface area contributed by atoms with Crippen molar-refractivity contribution in [3.63, 3.8) is 0 Å². The molecule has 39 heavy (non-hydrogen) atoms. The number of esters is 1. The second kappa shape index (κ2) is 11.4. The molecular formula is C25H24N4O9S. The Bertz CT molecular complexity index is 1360. The number of nitrogens with one attached hydrogen (secondary N) is 2. The monoisotopic (exact) mass is 556 g/mol. The number of nitrogens with zero attached hydrogens (tertiary/aromatic N) is 2. The predicted octanol–water partition coefficient (Wildman–Crippen LogP) is 0.569. The van der Waals surface area contributed by atoms with Crippen LogP contribution in [-0.2, 0) is 23.9 Å². The Hall–Kier alpha value is -4.59. The van der Waals surface area contributed by atoms with E-state index in [1.165, 1.54) is 25.8 Å². The Morgan fingerprint density at radius 2 is 1.95 bits per heavy atom. The van der Waals surface area contributed by atoms with E-state index in [-0.39, 0.29) is 40.8 Å². The van der Waals surface area contributed by atoms with E-state index >= 15 is 0 Å². The molecule has 0 spiro atoms. The van der Waals surface area contributed by atoms with E-state index in [0.29, 0.717) is 5.56 Å². The van der Waals surface area contributed by atoms with Gasteiger partial charge in [-0.05, 0) is 5.56 Å². The number of hydrogen-bond donors (Lipinski definition) is 4. The van der Waals surface area contributed by atoms with Crippen LogP contribution in [0.25, 0.3) is 0 Å². The predicted molar refractivity (Wildman–Crippen MR) is 135 cm³/mol. The largest absolute Gasteiger partial charge is 0.496 e. The molecule has 3 atom stereocenters. The molecule has 13 nitrogen and oxygen atoms in total. The Morgan fingerprint density at radius 3 is 2.59 bits per heavy atom. The lowest BCUT2D eigenvalue weighted by atomic mass is 10.0. The van der Waals surface area contributed by atoms with E-state index in [1.807, 2.05) is 0 Å². The van der Waals surface area contributed by atoms with E-state index in [4.69, 9.17) is 9.47 Å². The van der Waals surface area contributed by atoms with Crippen molar-refractivity contribution >= 4 is 41.4 Å². The molecule has 0 aliphatic carbocycles. The van der Waals surface area contributed by atoms with Gasteiger partial charge in [0.2, 0.25) is 11.8 Å². The maximum Gasteiger partial charge on any atom is 0.352 e. The third-order valence-corrected chi connectivity index (χ3v) is 7.32.